The molecule has 0 aliphatic rings. The van der Waals surface area contributed by atoms with Crippen LogP contribution in [0.1, 0.15) is 0 Å². The largest absolute Gasteiger partial charge is 0.207 e. The van der Waals surface area contributed by atoms with Gasteiger partial charge in [-0.25, -0.2) is 8.78 Å². The zero-order chi connectivity index (χ0) is 11.7. The normalized spacial score (nSPS) is 10.5. The van der Waals surface area contributed by atoms with E-state index in [1.165, 1.54) is 12.1 Å². The standard InChI is InChI=1S/C12H6Cl2F2/c13-7-1-4-11(14)10(5-7)9-3-2-8(15)6-12(9)16/h1-6H. The van der Waals surface area contributed by atoms with Crippen LogP contribution in [-0.2, 0) is 0 Å². The molecular formula is C12H6Cl2F2. The third-order valence-electron chi connectivity index (χ3n) is 2.15. The van der Waals surface area contributed by atoms with Crippen LogP contribution in [0.25, 0.3) is 11.1 Å². The van der Waals surface area contributed by atoms with Crippen LogP contribution in [0.15, 0.2) is 36.4 Å². The summed E-state index contributed by atoms with van der Waals surface area (Å²) in [5.74, 6) is -1.29. The molecular weight excluding hydrogens is 253 g/mol. The fraction of sp³-hybridized carbons (Fsp3) is 0. The van der Waals surface area contributed by atoms with E-state index in [9.17, 15) is 8.78 Å². The SMILES string of the molecule is Fc1ccc(-c2cc(Cl)ccc2Cl)c(F)c1. The third kappa shape index (κ3) is 2.18. The van der Waals surface area contributed by atoms with E-state index in [4.69, 9.17) is 23.2 Å². The summed E-state index contributed by atoms with van der Waals surface area (Å²) in [7, 11) is 0. The summed E-state index contributed by atoms with van der Waals surface area (Å²) in [4.78, 5) is 0. The fourth-order valence-corrected chi connectivity index (χ4v) is 1.80. The van der Waals surface area contributed by atoms with Crippen molar-refractivity contribution in [2.75, 3.05) is 0 Å². The average Bonchev–Trinajstić information content (AvgIpc) is 2.22. The smallest absolute Gasteiger partial charge is 0.133 e. The van der Waals surface area contributed by atoms with Gasteiger partial charge in [0.05, 0.1) is 0 Å². The molecule has 0 radical (unpaired) electrons. The Morgan fingerprint density at radius 2 is 1.56 bits per heavy atom. The molecule has 0 fully saturated rings. The Bertz CT molecular complexity index is 539. The first-order valence-electron chi connectivity index (χ1n) is 4.48. The molecule has 2 aromatic carbocycles. The van der Waals surface area contributed by atoms with E-state index in [-0.39, 0.29) is 5.56 Å². The van der Waals surface area contributed by atoms with Gasteiger partial charge < -0.3 is 0 Å². The van der Waals surface area contributed by atoms with E-state index in [0.29, 0.717) is 15.6 Å². The summed E-state index contributed by atoms with van der Waals surface area (Å²) in [5, 5.41) is 0.818. The first-order chi connectivity index (χ1) is 7.58. The highest BCUT2D eigenvalue weighted by Gasteiger charge is 2.10. The minimum absolute atomic E-state index is 0.230. The highest BCUT2D eigenvalue weighted by molar-refractivity contribution is 6.35. The highest BCUT2D eigenvalue weighted by atomic mass is 35.5. The van der Waals surface area contributed by atoms with Gasteiger partial charge in [-0.3, -0.25) is 0 Å². The van der Waals surface area contributed by atoms with Crippen molar-refractivity contribution in [3.05, 3.63) is 58.1 Å². The second-order valence-corrected chi connectivity index (χ2v) is 4.09. The van der Waals surface area contributed by atoms with Crippen LogP contribution in [0.5, 0.6) is 0 Å². The van der Waals surface area contributed by atoms with Gasteiger partial charge in [0, 0.05) is 27.2 Å². The van der Waals surface area contributed by atoms with Crippen LogP contribution in [-0.4, -0.2) is 0 Å². The molecule has 0 amide bonds. The van der Waals surface area contributed by atoms with Crippen LogP contribution in [0.4, 0.5) is 8.78 Å². The molecule has 0 atom stereocenters. The van der Waals surface area contributed by atoms with E-state index >= 15 is 0 Å². The monoisotopic (exact) mass is 258 g/mol. The molecule has 0 unspecified atom stereocenters. The van der Waals surface area contributed by atoms with E-state index in [0.717, 1.165) is 6.07 Å². The Morgan fingerprint density at radius 3 is 2.25 bits per heavy atom. The van der Waals surface area contributed by atoms with Gasteiger partial charge in [0.2, 0.25) is 0 Å². The van der Waals surface area contributed by atoms with E-state index in [1.807, 2.05) is 0 Å². The third-order valence-corrected chi connectivity index (χ3v) is 2.71. The average molecular weight is 259 g/mol. The van der Waals surface area contributed by atoms with Gasteiger partial charge in [-0.05, 0) is 30.3 Å². The Labute approximate surface area is 101 Å². The summed E-state index contributed by atoms with van der Waals surface area (Å²) in [6.07, 6.45) is 0. The zero-order valence-electron chi connectivity index (χ0n) is 7.98. The number of hydrogen-bond acceptors (Lipinski definition) is 0. The van der Waals surface area contributed by atoms with Crippen LogP contribution < -0.4 is 0 Å². The topological polar surface area (TPSA) is 0 Å². The predicted octanol–water partition coefficient (Wildman–Crippen LogP) is 4.94. The molecule has 0 aliphatic heterocycles. The van der Waals surface area contributed by atoms with Gasteiger partial charge >= 0.3 is 0 Å². The molecule has 4 heteroatoms. The molecule has 0 spiro atoms. The summed E-state index contributed by atoms with van der Waals surface area (Å²) < 4.78 is 26.3. The Balaban J connectivity index is 2.62. The lowest BCUT2D eigenvalue weighted by atomic mass is 10.1. The number of benzene rings is 2. The Morgan fingerprint density at radius 1 is 0.812 bits per heavy atom. The van der Waals surface area contributed by atoms with Crippen molar-refractivity contribution in [1.29, 1.82) is 0 Å². The van der Waals surface area contributed by atoms with Crippen molar-refractivity contribution >= 4 is 23.2 Å². The molecule has 0 heterocycles. The van der Waals surface area contributed by atoms with Gasteiger partial charge in [-0.2, -0.15) is 0 Å². The van der Waals surface area contributed by atoms with Crippen molar-refractivity contribution in [3.8, 4) is 11.1 Å². The molecule has 2 aromatic rings. The molecule has 0 saturated heterocycles. The Hall–Kier alpha value is -1.12. The summed E-state index contributed by atoms with van der Waals surface area (Å²) >= 11 is 11.7. The molecule has 16 heavy (non-hydrogen) atoms. The van der Waals surface area contributed by atoms with Crippen LogP contribution >= 0.6 is 23.2 Å². The minimum atomic E-state index is -0.663. The van der Waals surface area contributed by atoms with Crippen molar-refractivity contribution < 1.29 is 8.78 Å². The second-order valence-electron chi connectivity index (χ2n) is 3.25. The first kappa shape index (κ1) is 11.4. The molecule has 0 bridgehead atoms. The van der Waals surface area contributed by atoms with Gasteiger partial charge in [-0.15, -0.1) is 0 Å². The Kier molecular flexibility index (Phi) is 3.13. The highest BCUT2D eigenvalue weighted by Crippen LogP contribution is 2.32. The van der Waals surface area contributed by atoms with Gasteiger partial charge in [-0.1, -0.05) is 23.2 Å². The predicted molar refractivity (Wildman–Crippen MR) is 61.8 cm³/mol. The maximum Gasteiger partial charge on any atom is 0.133 e. The minimum Gasteiger partial charge on any atom is -0.207 e. The number of halogens is 4. The van der Waals surface area contributed by atoms with Crippen LogP contribution in [0.3, 0.4) is 0 Å². The van der Waals surface area contributed by atoms with Gasteiger partial charge in [0.25, 0.3) is 0 Å². The molecule has 82 valence electrons. The van der Waals surface area contributed by atoms with Crippen molar-refractivity contribution in [1.82, 2.24) is 0 Å². The van der Waals surface area contributed by atoms with Crippen LogP contribution in [0.2, 0.25) is 10.0 Å². The molecule has 0 saturated carbocycles. The number of hydrogen-bond donors (Lipinski definition) is 0. The zero-order valence-corrected chi connectivity index (χ0v) is 9.49. The van der Waals surface area contributed by atoms with Gasteiger partial charge in [0.15, 0.2) is 0 Å². The number of rotatable bonds is 1. The first-order valence-corrected chi connectivity index (χ1v) is 5.24. The quantitative estimate of drug-likeness (QED) is 0.680. The lowest BCUT2D eigenvalue weighted by Gasteiger charge is -2.06. The second kappa shape index (κ2) is 4.40. The summed E-state index contributed by atoms with van der Waals surface area (Å²) in [6.45, 7) is 0. The van der Waals surface area contributed by atoms with Crippen molar-refractivity contribution in [2.24, 2.45) is 0 Å². The summed E-state index contributed by atoms with van der Waals surface area (Å²) in [5.41, 5.74) is 0.681. The molecule has 0 nitrogen and oxygen atoms in total. The fourth-order valence-electron chi connectivity index (χ4n) is 1.41. The lowest BCUT2D eigenvalue weighted by Crippen LogP contribution is -1.87. The maximum atomic E-state index is 13.5. The van der Waals surface area contributed by atoms with Crippen LogP contribution in [0, 0.1) is 11.6 Å². The van der Waals surface area contributed by atoms with E-state index in [1.54, 1.807) is 18.2 Å². The molecule has 0 N–H and O–H groups in total. The maximum absolute atomic E-state index is 13.5. The van der Waals surface area contributed by atoms with Crippen molar-refractivity contribution in [3.63, 3.8) is 0 Å². The van der Waals surface area contributed by atoms with Gasteiger partial charge in [0.1, 0.15) is 11.6 Å². The van der Waals surface area contributed by atoms with E-state index in [2.05, 4.69) is 0 Å². The molecule has 0 aromatic heterocycles. The lowest BCUT2D eigenvalue weighted by molar-refractivity contribution is 0.585. The summed E-state index contributed by atoms with van der Waals surface area (Å²) in [6, 6.07) is 8.04. The molecule has 2 rings (SSSR count). The van der Waals surface area contributed by atoms with Crippen molar-refractivity contribution in [2.45, 2.75) is 0 Å². The molecule has 0 aliphatic carbocycles. The van der Waals surface area contributed by atoms with E-state index < -0.39 is 11.6 Å².